The van der Waals surface area contributed by atoms with E-state index < -0.39 is 5.82 Å². The van der Waals surface area contributed by atoms with Crippen molar-refractivity contribution in [3.63, 3.8) is 0 Å². The zero-order valence-electron chi connectivity index (χ0n) is 10.0. The van der Waals surface area contributed by atoms with Crippen LogP contribution in [0.3, 0.4) is 0 Å². The monoisotopic (exact) mass is 344 g/mol. The van der Waals surface area contributed by atoms with Gasteiger partial charge in [0.2, 0.25) is 0 Å². The quantitative estimate of drug-likeness (QED) is 0.656. The predicted molar refractivity (Wildman–Crippen MR) is 78.0 cm³/mol. The second kappa shape index (κ2) is 6.49. The number of benzene rings is 2. The molecular weight excluding hydrogens is 334 g/mol. The lowest BCUT2D eigenvalue weighted by atomic mass is 9.93. The van der Waals surface area contributed by atoms with E-state index in [2.05, 4.69) is 15.9 Å². The summed E-state index contributed by atoms with van der Waals surface area (Å²) in [6, 6.07) is 11.0. The van der Waals surface area contributed by atoms with Crippen molar-refractivity contribution in [1.29, 1.82) is 0 Å². The summed E-state index contributed by atoms with van der Waals surface area (Å²) in [6.07, 6.45) is 0.441. The van der Waals surface area contributed by atoms with Crippen LogP contribution in [-0.2, 0) is 6.42 Å². The van der Waals surface area contributed by atoms with Gasteiger partial charge in [-0.25, -0.2) is 8.78 Å². The molecule has 0 fully saturated rings. The molecule has 0 amide bonds. The zero-order valence-corrected chi connectivity index (χ0v) is 12.4. The van der Waals surface area contributed by atoms with Crippen LogP contribution in [0.4, 0.5) is 8.78 Å². The minimum Gasteiger partial charge on any atom is -0.207 e. The molecule has 0 bridgehead atoms. The van der Waals surface area contributed by atoms with Crippen LogP contribution in [-0.4, -0.2) is 5.33 Å². The Bertz CT molecular complexity index is 555. The SMILES string of the molecule is Fc1ccc(F)c(CC(CBr)c2ccc(Cl)cc2)c1. The largest absolute Gasteiger partial charge is 0.207 e. The Hall–Kier alpha value is -0.930. The molecule has 0 aromatic heterocycles. The summed E-state index contributed by atoms with van der Waals surface area (Å²) in [4.78, 5) is 0. The van der Waals surface area contributed by atoms with Gasteiger partial charge >= 0.3 is 0 Å². The Morgan fingerprint density at radius 1 is 1.05 bits per heavy atom. The van der Waals surface area contributed by atoms with Crippen molar-refractivity contribution in [2.75, 3.05) is 5.33 Å². The molecular formula is C15H12BrClF2. The molecule has 0 saturated carbocycles. The van der Waals surface area contributed by atoms with Crippen molar-refractivity contribution in [2.45, 2.75) is 12.3 Å². The molecule has 0 spiro atoms. The molecule has 0 nitrogen and oxygen atoms in total. The summed E-state index contributed by atoms with van der Waals surface area (Å²) in [7, 11) is 0. The summed E-state index contributed by atoms with van der Waals surface area (Å²) in [5, 5.41) is 1.33. The Morgan fingerprint density at radius 2 is 1.74 bits per heavy atom. The maximum absolute atomic E-state index is 13.6. The molecule has 1 unspecified atom stereocenters. The highest BCUT2D eigenvalue weighted by atomic mass is 79.9. The normalized spacial score (nSPS) is 12.4. The first-order valence-corrected chi connectivity index (χ1v) is 7.35. The third-order valence-corrected chi connectivity index (χ3v) is 4.04. The van der Waals surface area contributed by atoms with Crippen molar-refractivity contribution in [3.05, 3.63) is 70.2 Å². The first-order chi connectivity index (χ1) is 9.10. The zero-order chi connectivity index (χ0) is 13.8. The summed E-state index contributed by atoms with van der Waals surface area (Å²) in [5.74, 6) is -0.712. The van der Waals surface area contributed by atoms with Gasteiger partial charge in [0.05, 0.1) is 0 Å². The Kier molecular flexibility index (Phi) is 4.94. The van der Waals surface area contributed by atoms with E-state index in [0.29, 0.717) is 22.3 Å². The van der Waals surface area contributed by atoms with Gasteiger partial charge in [0.15, 0.2) is 0 Å². The molecule has 0 saturated heterocycles. The molecule has 0 aliphatic rings. The number of hydrogen-bond acceptors (Lipinski definition) is 0. The van der Waals surface area contributed by atoms with E-state index in [1.54, 1.807) is 12.1 Å². The van der Waals surface area contributed by atoms with E-state index in [-0.39, 0.29) is 11.7 Å². The molecule has 0 aliphatic heterocycles. The van der Waals surface area contributed by atoms with Gasteiger partial charge in [-0.15, -0.1) is 0 Å². The fourth-order valence-corrected chi connectivity index (χ4v) is 2.69. The van der Waals surface area contributed by atoms with Crippen molar-refractivity contribution in [1.82, 2.24) is 0 Å². The lowest BCUT2D eigenvalue weighted by molar-refractivity contribution is 0.577. The fraction of sp³-hybridized carbons (Fsp3) is 0.200. The van der Waals surface area contributed by atoms with Crippen molar-refractivity contribution < 1.29 is 8.78 Å². The van der Waals surface area contributed by atoms with E-state index in [4.69, 9.17) is 11.6 Å². The number of hydrogen-bond donors (Lipinski definition) is 0. The highest BCUT2D eigenvalue weighted by Gasteiger charge is 2.14. The molecule has 0 radical (unpaired) electrons. The van der Waals surface area contributed by atoms with Gasteiger partial charge < -0.3 is 0 Å². The number of alkyl halides is 1. The smallest absolute Gasteiger partial charge is 0.126 e. The first kappa shape index (κ1) is 14.5. The van der Waals surface area contributed by atoms with Gasteiger partial charge in [-0.3, -0.25) is 0 Å². The van der Waals surface area contributed by atoms with Crippen molar-refractivity contribution in [2.24, 2.45) is 0 Å². The highest BCUT2D eigenvalue weighted by molar-refractivity contribution is 9.09. The summed E-state index contributed by atoms with van der Waals surface area (Å²) in [6.45, 7) is 0. The summed E-state index contributed by atoms with van der Waals surface area (Å²) < 4.78 is 26.8. The van der Waals surface area contributed by atoms with Gasteiger partial charge in [0, 0.05) is 10.4 Å². The lowest BCUT2D eigenvalue weighted by Gasteiger charge is -2.15. The van der Waals surface area contributed by atoms with E-state index in [9.17, 15) is 8.78 Å². The van der Waals surface area contributed by atoms with Gasteiger partial charge in [0.1, 0.15) is 11.6 Å². The van der Waals surface area contributed by atoms with E-state index in [0.717, 1.165) is 17.7 Å². The fourth-order valence-electron chi connectivity index (χ4n) is 1.96. The van der Waals surface area contributed by atoms with Gasteiger partial charge in [-0.05, 0) is 53.8 Å². The van der Waals surface area contributed by atoms with Gasteiger partial charge in [-0.1, -0.05) is 39.7 Å². The van der Waals surface area contributed by atoms with E-state index >= 15 is 0 Å². The van der Waals surface area contributed by atoms with Crippen LogP contribution in [0, 0.1) is 11.6 Å². The van der Waals surface area contributed by atoms with Crippen LogP contribution in [0.5, 0.6) is 0 Å². The van der Waals surface area contributed by atoms with Crippen LogP contribution in [0.1, 0.15) is 17.0 Å². The average Bonchev–Trinajstić information content (AvgIpc) is 2.41. The van der Waals surface area contributed by atoms with Crippen LogP contribution >= 0.6 is 27.5 Å². The Morgan fingerprint density at radius 3 is 2.37 bits per heavy atom. The second-order valence-corrected chi connectivity index (χ2v) is 5.43. The maximum atomic E-state index is 13.6. The minimum atomic E-state index is -0.416. The standard InChI is InChI=1S/C15H12BrClF2/c16-9-12(10-1-3-13(17)4-2-10)7-11-8-14(18)5-6-15(11)19/h1-6,8,12H,7,9H2. The van der Waals surface area contributed by atoms with E-state index in [1.807, 2.05) is 12.1 Å². The van der Waals surface area contributed by atoms with Gasteiger partial charge in [-0.2, -0.15) is 0 Å². The number of halogens is 4. The number of rotatable bonds is 4. The second-order valence-electron chi connectivity index (χ2n) is 4.34. The topological polar surface area (TPSA) is 0 Å². The highest BCUT2D eigenvalue weighted by Crippen LogP contribution is 2.26. The van der Waals surface area contributed by atoms with Crippen molar-refractivity contribution in [3.8, 4) is 0 Å². The average molecular weight is 346 g/mol. The molecule has 0 N–H and O–H groups in total. The van der Waals surface area contributed by atoms with Crippen LogP contribution in [0.25, 0.3) is 0 Å². The minimum absolute atomic E-state index is 0.0774. The molecule has 19 heavy (non-hydrogen) atoms. The third kappa shape index (κ3) is 3.77. The van der Waals surface area contributed by atoms with Gasteiger partial charge in [0.25, 0.3) is 0 Å². The Balaban J connectivity index is 2.23. The molecule has 2 aromatic rings. The van der Waals surface area contributed by atoms with E-state index in [1.165, 1.54) is 6.07 Å². The molecule has 2 aromatic carbocycles. The maximum Gasteiger partial charge on any atom is 0.126 e. The lowest BCUT2D eigenvalue weighted by Crippen LogP contribution is -2.06. The molecule has 0 aliphatic carbocycles. The molecule has 0 heterocycles. The third-order valence-electron chi connectivity index (χ3n) is 3.00. The van der Waals surface area contributed by atoms with Crippen LogP contribution < -0.4 is 0 Å². The molecule has 100 valence electrons. The predicted octanol–water partition coefficient (Wildman–Crippen LogP) is 5.34. The molecule has 1 atom stereocenters. The summed E-state index contributed by atoms with van der Waals surface area (Å²) in [5.41, 5.74) is 1.43. The molecule has 4 heteroatoms. The van der Waals surface area contributed by atoms with Crippen molar-refractivity contribution >= 4 is 27.5 Å². The Labute approximate surface area is 124 Å². The molecule has 2 rings (SSSR count). The summed E-state index contributed by atoms with van der Waals surface area (Å²) >= 11 is 9.27. The van der Waals surface area contributed by atoms with Crippen LogP contribution in [0.15, 0.2) is 42.5 Å². The van der Waals surface area contributed by atoms with Crippen LogP contribution in [0.2, 0.25) is 5.02 Å². The first-order valence-electron chi connectivity index (χ1n) is 5.85.